The summed E-state index contributed by atoms with van der Waals surface area (Å²) in [4.78, 5) is 16.6. The van der Waals surface area contributed by atoms with Crippen LogP contribution in [0.15, 0.2) is 54.6 Å². The van der Waals surface area contributed by atoms with Crippen molar-refractivity contribution >= 4 is 5.91 Å². The predicted octanol–water partition coefficient (Wildman–Crippen LogP) is 3.05. The number of hydrogen-bond donors (Lipinski definition) is 0. The Morgan fingerprint density at radius 3 is 2.64 bits per heavy atom. The van der Waals surface area contributed by atoms with Gasteiger partial charge in [-0.15, -0.1) is 0 Å². The molecule has 2 aromatic rings. The van der Waals surface area contributed by atoms with Gasteiger partial charge in [0.1, 0.15) is 18.2 Å². The average Bonchev–Trinajstić information content (AvgIpc) is 2.88. The molecule has 132 valence electrons. The summed E-state index contributed by atoms with van der Waals surface area (Å²) < 4.78 is 19.1. The van der Waals surface area contributed by atoms with Crippen LogP contribution in [0, 0.1) is 5.82 Å². The molecular weight excluding hydrogens is 319 g/mol. The Balaban J connectivity index is 1.48. The second kappa shape index (κ2) is 8.62. The number of para-hydroxylation sites is 1. The van der Waals surface area contributed by atoms with E-state index in [0.717, 1.165) is 31.8 Å². The van der Waals surface area contributed by atoms with Gasteiger partial charge in [0.15, 0.2) is 0 Å². The van der Waals surface area contributed by atoms with E-state index in [9.17, 15) is 9.18 Å². The van der Waals surface area contributed by atoms with Crippen LogP contribution >= 0.6 is 0 Å². The first kappa shape index (κ1) is 17.4. The highest BCUT2D eigenvalue weighted by molar-refractivity contribution is 5.94. The number of carbonyl (C=O) groups excluding carboxylic acids is 1. The van der Waals surface area contributed by atoms with E-state index in [0.29, 0.717) is 25.3 Å². The van der Waals surface area contributed by atoms with Crippen molar-refractivity contribution in [2.75, 3.05) is 39.3 Å². The third-order valence-electron chi connectivity index (χ3n) is 4.37. The van der Waals surface area contributed by atoms with E-state index >= 15 is 0 Å². The molecule has 5 heteroatoms. The van der Waals surface area contributed by atoms with Gasteiger partial charge in [-0.3, -0.25) is 9.69 Å². The molecule has 1 saturated heterocycles. The topological polar surface area (TPSA) is 32.8 Å². The molecule has 1 fully saturated rings. The first-order chi connectivity index (χ1) is 12.2. The van der Waals surface area contributed by atoms with Crippen LogP contribution in [0.3, 0.4) is 0 Å². The quantitative estimate of drug-likeness (QED) is 0.837. The van der Waals surface area contributed by atoms with E-state index in [1.54, 1.807) is 12.1 Å². The monoisotopic (exact) mass is 342 g/mol. The van der Waals surface area contributed by atoms with Crippen LogP contribution in [0.1, 0.15) is 16.8 Å². The van der Waals surface area contributed by atoms with Crippen LogP contribution in [0.5, 0.6) is 5.75 Å². The Morgan fingerprint density at radius 1 is 1.00 bits per heavy atom. The Morgan fingerprint density at radius 2 is 1.84 bits per heavy atom. The lowest BCUT2D eigenvalue weighted by Gasteiger charge is -2.22. The van der Waals surface area contributed by atoms with Gasteiger partial charge in [-0.05, 0) is 36.8 Å². The number of rotatable bonds is 5. The van der Waals surface area contributed by atoms with E-state index < -0.39 is 0 Å². The molecule has 0 atom stereocenters. The number of amides is 1. The number of benzene rings is 2. The van der Waals surface area contributed by atoms with Gasteiger partial charge in [-0.25, -0.2) is 4.39 Å². The molecule has 0 radical (unpaired) electrons. The summed E-state index contributed by atoms with van der Waals surface area (Å²) in [5.74, 6) is 0.405. The molecule has 1 aliphatic heterocycles. The number of hydrogen-bond acceptors (Lipinski definition) is 3. The first-order valence-electron chi connectivity index (χ1n) is 8.67. The lowest BCUT2D eigenvalue weighted by Crippen LogP contribution is -2.36. The Labute approximate surface area is 147 Å². The maximum absolute atomic E-state index is 13.3. The molecule has 3 rings (SSSR count). The Kier molecular flexibility index (Phi) is 6.01. The summed E-state index contributed by atoms with van der Waals surface area (Å²) in [7, 11) is 0. The highest BCUT2D eigenvalue weighted by Crippen LogP contribution is 2.12. The summed E-state index contributed by atoms with van der Waals surface area (Å²) in [6, 6.07) is 15.7. The molecule has 2 aromatic carbocycles. The highest BCUT2D eigenvalue weighted by atomic mass is 19.1. The lowest BCUT2D eigenvalue weighted by atomic mass is 10.2. The lowest BCUT2D eigenvalue weighted by molar-refractivity contribution is 0.0760. The van der Waals surface area contributed by atoms with Crippen LogP contribution in [0.4, 0.5) is 4.39 Å². The summed E-state index contributed by atoms with van der Waals surface area (Å²) >= 11 is 0. The molecule has 0 N–H and O–H groups in total. The zero-order valence-corrected chi connectivity index (χ0v) is 14.2. The van der Waals surface area contributed by atoms with Gasteiger partial charge in [0.05, 0.1) is 0 Å². The molecular formula is C20H23FN2O2. The van der Waals surface area contributed by atoms with Crippen molar-refractivity contribution in [1.82, 2.24) is 9.80 Å². The molecule has 1 aliphatic rings. The number of nitrogens with zero attached hydrogens (tertiary/aromatic N) is 2. The van der Waals surface area contributed by atoms with Gasteiger partial charge in [-0.2, -0.15) is 0 Å². The van der Waals surface area contributed by atoms with Crippen molar-refractivity contribution in [1.29, 1.82) is 0 Å². The van der Waals surface area contributed by atoms with Gasteiger partial charge in [0.25, 0.3) is 5.91 Å². The molecule has 1 amide bonds. The molecule has 1 heterocycles. The van der Waals surface area contributed by atoms with Crippen molar-refractivity contribution in [2.45, 2.75) is 6.42 Å². The van der Waals surface area contributed by atoms with Crippen LogP contribution in [0.25, 0.3) is 0 Å². The molecule has 0 bridgehead atoms. The molecule has 0 saturated carbocycles. The summed E-state index contributed by atoms with van der Waals surface area (Å²) in [5, 5.41) is 0. The molecule has 0 spiro atoms. The van der Waals surface area contributed by atoms with Crippen molar-refractivity contribution < 1.29 is 13.9 Å². The molecule has 0 aromatic heterocycles. The Hall–Kier alpha value is -2.40. The third-order valence-corrected chi connectivity index (χ3v) is 4.37. The normalized spacial score (nSPS) is 15.6. The first-order valence-corrected chi connectivity index (χ1v) is 8.67. The average molecular weight is 342 g/mol. The van der Waals surface area contributed by atoms with Gasteiger partial charge >= 0.3 is 0 Å². The van der Waals surface area contributed by atoms with E-state index in [-0.39, 0.29) is 11.7 Å². The van der Waals surface area contributed by atoms with Crippen molar-refractivity contribution in [3.05, 3.63) is 66.0 Å². The minimum absolute atomic E-state index is 0.0955. The van der Waals surface area contributed by atoms with Crippen LogP contribution in [0.2, 0.25) is 0 Å². The third kappa shape index (κ3) is 5.03. The fourth-order valence-corrected chi connectivity index (χ4v) is 3.01. The maximum Gasteiger partial charge on any atom is 0.254 e. The molecule has 0 aliphatic carbocycles. The smallest absolute Gasteiger partial charge is 0.254 e. The van der Waals surface area contributed by atoms with E-state index in [1.807, 2.05) is 35.2 Å². The zero-order valence-electron chi connectivity index (χ0n) is 14.2. The minimum Gasteiger partial charge on any atom is -0.492 e. The fraction of sp³-hybridized carbons (Fsp3) is 0.350. The fourth-order valence-electron chi connectivity index (χ4n) is 3.01. The van der Waals surface area contributed by atoms with Crippen LogP contribution in [-0.2, 0) is 0 Å². The second-order valence-electron chi connectivity index (χ2n) is 6.16. The van der Waals surface area contributed by atoms with E-state index in [2.05, 4.69) is 4.90 Å². The molecule has 25 heavy (non-hydrogen) atoms. The minimum atomic E-state index is -0.375. The maximum atomic E-state index is 13.3. The van der Waals surface area contributed by atoms with Crippen molar-refractivity contribution in [3.8, 4) is 5.75 Å². The number of halogens is 1. The van der Waals surface area contributed by atoms with E-state index in [4.69, 9.17) is 4.74 Å². The summed E-state index contributed by atoms with van der Waals surface area (Å²) in [5.41, 5.74) is 0.417. The van der Waals surface area contributed by atoms with Crippen molar-refractivity contribution in [2.24, 2.45) is 0 Å². The summed E-state index contributed by atoms with van der Waals surface area (Å²) in [6.07, 6.45) is 0.909. The van der Waals surface area contributed by atoms with E-state index in [1.165, 1.54) is 12.1 Å². The standard InChI is InChI=1S/C20H23FN2O2/c21-18-7-4-6-17(16-18)20(24)23-11-5-10-22(12-13-23)14-15-25-19-8-2-1-3-9-19/h1-4,6-9,16H,5,10-15H2. The van der Waals surface area contributed by atoms with Crippen molar-refractivity contribution in [3.63, 3.8) is 0 Å². The van der Waals surface area contributed by atoms with Gasteiger partial charge in [0, 0.05) is 38.3 Å². The summed E-state index contributed by atoms with van der Waals surface area (Å²) in [6.45, 7) is 4.55. The van der Waals surface area contributed by atoms with Crippen LogP contribution < -0.4 is 4.74 Å². The van der Waals surface area contributed by atoms with Gasteiger partial charge in [0.2, 0.25) is 0 Å². The molecule has 0 unspecified atom stereocenters. The van der Waals surface area contributed by atoms with Crippen LogP contribution in [-0.4, -0.2) is 55.0 Å². The zero-order chi connectivity index (χ0) is 17.5. The number of carbonyl (C=O) groups is 1. The predicted molar refractivity (Wildman–Crippen MR) is 95.3 cm³/mol. The van der Waals surface area contributed by atoms with Gasteiger partial charge in [-0.1, -0.05) is 24.3 Å². The molecule has 4 nitrogen and oxygen atoms in total. The van der Waals surface area contributed by atoms with Gasteiger partial charge < -0.3 is 9.64 Å². The Bertz CT molecular complexity index is 693. The largest absolute Gasteiger partial charge is 0.492 e. The highest BCUT2D eigenvalue weighted by Gasteiger charge is 2.20. The number of ether oxygens (including phenoxy) is 1. The SMILES string of the molecule is O=C(c1cccc(F)c1)N1CCCN(CCOc2ccccc2)CC1. The second-order valence-corrected chi connectivity index (χ2v) is 6.16.